The second kappa shape index (κ2) is 5.27. The molecule has 0 amide bonds. The van der Waals surface area contributed by atoms with Gasteiger partial charge in [0, 0.05) is 18.0 Å². The number of nitrogens with one attached hydrogen (secondary N) is 2. The maximum atomic E-state index is 4.63. The number of hydrogen-bond donors (Lipinski definition) is 2. The Kier molecular flexibility index (Phi) is 3.47. The number of benzene rings is 1. The quantitative estimate of drug-likeness (QED) is 0.890. The standard InChI is InChI=1S/C16H22N4/c1-16(10-6-3-7-11-16)20-14-12-8-4-5-9-13(12)18-15(17-2)19-14/h4-5,8-9H,3,6-7,10-11H2,1-2H3,(H2,17,18,19,20). The molecule has 0 saturated heterocycles. The van der Waals surface area contributed by atoms with Crippen molar-refractivity contribution in [3.8, 4) is 0 Å². The van der Waals surface area contributed by atoms with Crippen LogP contribution >= 0.6 is 0 Å². The summed E-state index contributed by atoms with van der Waals surface area (Å²) in [6.07, 6.45) is 6.36. The van der Waals surface area contributed by atoms with E-state index in [-0.39, 0.29) is 5.54 Å². The Labute approximate surface area is 120 Å². The van der Waals surface area contributed by atoms with Gasteiger partial charge in [0.2, 0.25) is 5.95 Å². The molecular weight excluding hydrogens is 248 g/mol. The van der Waals surface area contributed by atoms with Crippen LogP contribution in [-0.4, -0.2) is 22.6 Å². The molecule has 4 nitrogen and oxygen atoms in total. The third kappa shape index (κ3) is 2.55. The Hall–Kier alpha value is -1.84. The summed E-state index contributed by atoms with van der Waals surface area (Å²) in [4.78, 5) is 9.13. The maximum absolute atomic E-state index is 4.63. The molecule has 0 bridgehead atoms. The van der Waals surface area contributed by atoms with E-state index in [1.165, 1.54) is 32.1 Å². The number of fused-ring (bicyclic) bond motifs is 1. The highest BCUT2D eigenvalue weighted by molar-refractivity contribution is 5.90. The van der Waals surface area contributed by atoms with E-state index in [0.29, 0.717) is 5.95 Å². The fourth-order valence-electron chi connectivity index (χ4n) is 3.03. The van der Waals surface area contributed by atoms with Crippen LogP contribution in [-0.2, 0) is 0 Å². The van der Waals surface area contributed by atoms with E-state index in [1.54, 1.807) is 0 Å². The highest BCUT2D eigenvalue weighted by atomic mass is 15.1. The van der Waals surface area contributed by atoms with Crippen molar-refractivity contribution < 1.29 is 0 Å². The summed E-state index contributed by atoms with van der Waals surface area (Å²) in [5.74, 6) is 1.62. The number of aromatic nitrogens is 2. The average Bonchev–Trinajstić information content (AvgIpc) is 2.47. The first-order chi connectivity index (χ1) is 9.70. The van der Waals surface area contributed by atoms with Crippen molar-refractivity contribution in [3.63, 3.8) is 0 Å². The lowest BCUT2D eigenvalue weighted by Gasteiger charge is -2.35. The summed E-state index contributed by atoms with van der Waals surface area (Å²) in [5, 5.41) is 7.83. The van der Waals surface area contributed by atoms with Crippen molar-refractivity contribution in [3.05, 3.63) is 24.3 Å². The van der Waals surface area contributed by atoms with E-state index in [1.807, 2.05) is 25.2 Å². The Bertz CT molecular complexity index is 602. The molecule has 4 heteroatoms. The van der Waals surface area contributed by atoms with Gasteiger partial charge in [-0.05, 0) is 31.9 Å². The second-order valence-corrected chi connectivity index (χ2v) is 5.91. The fourth-order valence-corrected chi connectivity index (χ4v) is 3.03. The van der Waals surface area contributed by atoms with E-state index >= 15 is 0 Å². The SMILES string of the molecule is CNc1nc(NC2(C)CCCCC2)c2ccccc2n1. The molecule has 1 aromatic heterocycles. The maximum Gasteiger partial charge on any atom is 0.224 e. The summed E-state index contributed by atoms with van der Waals surface area (Å²) < 4.78 is 0. The van der Waals surface area contributed by atoms with Crippen LogP contribution in [0.25, 0.3) is 10.9 Å². The van der Waals surface area contributed by atoms with Gasteiger partial charge in [0.25, 0.3) is 0 Å². The molecule has 20 heavy (non-hydrogen) atoms. The molecule has 1 saturated carbocycles. The van der Waals surface area contributed by atoms with Crippen LogP contribution in [0.5, 0.6) is 0 Å². The third-order valence-corrected chi connectivity index (χ3v) is 4.20. The molecule has 1 heterocycles. The predicted molar refractivity (Wildman–Crippen MR) is 84.2 cm³/mol. The summed E-state index contributed by atoms with van der Waals surface area (Å²) >= 11 is 0. The molecule has 0 aliphatic heterocycles. The zero-order valence-corrected chi connectivity index (χ0v) is 12.2. The summed E-state index contributed by atoms with van der Waals surface area (Å²) in [6, 6.07) is 8.18. The summed E-state index contributed by atoms with van der Waals surface area (Å²) in [7, 11) is 1.86. The topological polar surface area (TPSA) is 49.8 Å². The predicted octanol–water partition coefficient (Wildman–Crippen LogP) is 3.81. The first kappa shape index (κ1) is 13.2. The minimum absolute atomic E-state index is 0.153. The average molecular weight is 270 g/mol. The first-order valence-corrected chi connectivity index (χ1v) is 7.43. The van der Waals surface area contributed by atoms with E-state index in [4.69, 9.17) is 0 Å². The van der Waals surface area contributed by atoms with Gasteiger partial charge in [-0.1, -0.05) is 31.4 Å². The van der Waals surface area contributed by atoms with Crippen molar-refractivity contribution in [2.45, 2.75) is 44.6 Å². The molecule has 0 radical (unpaired) electrons. The molecule has 1 fully saturated rings. The van der Waals surface area contributed by atoms with E-state index < -0.39 is 0 Å². The van der Waals surface area contributed by atoms with Gasteiger partial charge in [0.1, 0.15) is 5.82 Å². The van der Waals surface area contributed by atoms with Crippen molar-refractivity contribution in [2.75, 3.05) is 17.7 Å². The zero-order valence-electron chi connectivity index (χ0n) is 12.2. The second-order valence-electron chi connectivity index (χ2n) is 5.91. The fraction of sp³-hybridized carbons (Fsp3) is 0.500. The monoisotopic (exact) mass is 270 g/mol. The molecule has 1 aliphatic rings. The van der Waals surface area contributed by atoms with Gasteiger partial charge in [-0.15, -0.1) is 0 Å². The van der Waals surface area contributed by atoms with Gasteiger partial charge < -0.3 is 10.6 Å². The number of anilines is 2. The minimum atomic E-state index is 0.153. The Morgan fingerprint density at radius 2 is 1.80 bits per heavy atom. The molecule has 3 rings (SSSR count). The van der Waals surface area contributed by atoms with Crippen LogP contribution < -0.4 is 10.6 Å². The van der Waals surface area contributed by atoms with Crippen LogP contribution in [0.3, 0.4) is 0 Å². The van der Waals surface area contributed by atoms with Crippen molar-refractivity contribution in [2.24, 2.45) is 0 Å². The first-order valence-electron chi connectivity index (χ1n) is 7.43. The summed E-state index contributed by atoms with van der Waals surface area (Å²) in [5.41, 5.74) is 1.13. The lowest BCUT2D eigenvalue weighted by atomic mass is 9.83. The van der Waals surface area contributed by atoms with Crippen molar-refractivity contribution in [1.82, 2.24) is 9.97 Å². The van der Waals surface area contributed by atoms with E-state index in [0.717, 1.165) is 16.7 Å². The molecule has 2 N–H and O–H groups in total. The van der Waals surface area contributed by atoms with Gasteiger partial charge in [-0.3, -0.25) is 0 Å². The Morgan fingerprint density at radius 3 is 2.55 bits per heavy atom. The summed E-state index contributed by atoms with van der Waals surface area (Å²) in [6.45, 7) is 2.31. The molecule has 1 aliphatic carbocycles. The molecule has 1 aromatic carbocycles. The molecular formula is C16H22N4. The minimum Gasteiger partial charge on any atom is -0.364 e. The Morgan fingerprint density at radius 1 is 1.05 bits per heavy atom. The van der Waals surface area contributed by atoms with Crippen molar-refractivity contribution in [1.29, 1.82) is 0 Å². The van der Waals surface area contributed by atoms with Crippen LogP contribution in [0.15, 0.2) is 24.3 Å². The van der Waals surface area contributed by atoms with E-state index in [9.17, 15) is 0 Å². The molecule has 0 spiro atoms. The van der Waals surface area contributed by atoms with Gasteiger partial charge in [-0.2, -0.15) is 4.98 Å². The van der Waals surface area contributed by atoms with Crippen LogP contribution in [0, 0.1) is 0 Å². The van der Waals surface area contributed by atoms with Gasteiger partial charge in [0.15, 0.2) is 0 Å². The number of hydrogen-bond acceptors (Lipinski definition) is 4. The van der Waals surface area contributed by atoms with Gasteiger partial charge in [-0.25, -0.2) is 4.98 Å². The smallest absolute Gasteiger partial charge is 0.224 e. The normalized spacial score (nSPS) is 17.9. The number of rotatable bonds is 3. The zero-order chi connectivity index (χ0) is 14.0. The lowest BCUT2D eigenvalue weighted by Crippen LogP contribution is -2.37. The molecule has 0 atom stereocenters. The van der Waals surface area contributed by atoms with Gasteiger partial charge in [0.05, 0.1) is 5.52 Å². The van der Waals surface area contributed by atoms with Crippen molar-refractivity contribution >= 4 is 22.7 Å². The Balaban J connectivity index is 2.01. The molecule has 0 unspecified atom stereocenters. The highest BCUT2D eigenvalue weighted by Gasteiger charge is 2.27. The number of nitrogens with zero attached hydrogens (tertiary/aromatic N) is 2. The van der Waals surface area contributed by atoms with Crippen LogP contribution in [0.2, 0.25) is 0 Å². The molecule has 106 valence electrons. The van der Waals surface area contributed by atoms with E-state index in [2.05, 4.69) is 33.6 Å². The molecule has 2 aromatic rings. The number of para-hydroxylation sites is 1. The largest absolute Gasteiger partial charge is 0.364 e. The highest BCUT2D eigenvalue weighted by Crippen LogP contribution is 2.33. The lowest BCUT2D eigenvalue weighted by molar-refractivity contribution is 0.349. The third-order valence-electron chi connectivity index (χ3n) is 4.20. The van der Waals surface area contributed by atoms with Crippen LogP contribution in [0.4, 0.5) is 11.8 Å². The van der Waals surface area contributed by atoms with Crippen LogP contribution in [0.1, 0.15) is 39.0 Å². The van der Waals surface area contributed by atoms with Gasteiger partial charge >= 0.3 is 0 Å².